The van der Waals surface area contributed by atoms with Crippen LogP contribution < -0.4 is 5.32 Å². The molecule has 0 spiro atoms. The molecule has 1 aliphatic heterocycles. The third-order valence-electron chi connectivity index (χ3n) is 3.24. The Labute approximate surface area is 91.3 Å². The number of hydrogen-bond donors (Lipinski definition) is 1. The van der Waals surface area contributed by atoms with Gasteiger partial charge >= 0.3 is 12.1 Å². The zero-order chi connectivity index (χ0) is 11.8. The average Bonchev–Trinajstić information content (AvgIpc) is 2.87. The number of rotatable bonds is 3. The van der Waals surface area contributed by atoms with E-state index in [0.29, 0.717) is 0 Å². The van der Waals surface area contributed by atoms with Gasteiger partial charge in [-0.2, -0.15) is 13.2 Å². The molecule has 1 saturated carbocycles. The molecule has 1 N–H and O–H groups in total. The molecule has 1 saturated heterocycles. The molecule has 0 radical (unpaired) electrons. The van der Waals surface area contributed by atoms with Crippen molar-refractivity contribution >= 4 is 5.97 Å². The van der Waals surface area contributed by atoms with Crippen LogP contribution in [0.1, 0.15) is 19.3 Å². The van der Waals surface area contributed by atoms with E-state index in [2.05, 4.69) is 5.32 Å². The molecule has 92 valence electrons. The fourth-order valence-corrected chi connectivity index (χ4v) is 1.84. The third-order valence-corrected chi connectivity index (χ3v) is 3.24. The zero-order valence-electron chi connectivity index (χ0n) is 8.77. The van der Waals surface area contributed by atoms with Crippen LogP contribution in [0.25, 0.3) is 0 Å². The molecule has 0 aromatic carbocycles. The molecule has 2 rings (SSSR count). The summed E-state index contributed by atoms with van der Waals surface area (Å²) < 4.78 is 43.4. The zero-order valence-corrected chi connectivity index (χ0v) is 8.77. The van der Waals surface area contributed by atoms with Gasteiger partial charge in [0.05, 0.1) is 6.61 Å². The lowest BCUT2D eigenvalue weighted by atomic mass is 9.86. The molecule has 1 unspecified atom stereocenters. The molecule has 1 heterocycles. The van der Waals surface area contributed by atoms with E-state index in [4.69, 9.17) is 4.74 Å². The molecule has 0 aromatic rings. The Morgan fingerprint density at radius 1 is 1.44 bits per heavy atom. The SMILES string of the molecule is O=C(OCC1CC1)C1(C(F)(F)F)CCNC1. The van der Waals surface area contributed by atoms with Gasteiger partial charge in [0.15, 0.2) is 5.41 Å². The van der Waals surface area contributed by atoms with Crippen LogP contribution in [0.15, 0.2) is 0 Å². The van der Waals surface area contributed by atoms with E-state index in [1.54, 1.807) is 0 Å². The minimum absolute atomic E-state index is 0.136. The summed E-state index contributed by atoms with van der Waals surface area (Å²) in [6.07, 6.45) is -2.85. The summed E-state index contributed by atoms with van der Waals surface area (Å²) in [7, 11) is 0. The highest BCUT2D eigenvalue weighted by atomic mass is 19.4. The first kappa shape index (κ1) is 11.7. The number of alkyl halides is 3. The fourth-order valence-electron chi connectivity index (χ4n) is 1.84. The normalized spacial score (nSPS) is 30.4. The number of halogens is 3. The van der Waals surface area contributed by atoms with Crippen molar-refractivity contribution < 1.29 is 22.7 Å². The van der Waals surface area contributed by atoms with E-state index in [-0.39, 0.29) is 32.0 Å². The monoisotopic (exact) mass is 237 g/mol. The third kappa shape index (κ3) is 2.03. The minimum Gasteiger partial charge on any atom is -0.465 e. The molecule has 2 fully saturated rings. The predicted molar refractivity (Wildman–Crippen MR) is 49.7 cm³/mol. The summed E-state index contributed by atoms with van der Waals surface area (Å²) in [5, 5.41) is 2.58. The Bertz CT molecular complexity index is 280. The molecule has 1 atom stereocenters. The first-order valence-corrected chi connectivity index (χ1v) is 5.40. The maximum Gasteiger partial charge on any atom is 0.406 e. The lowest BCUT2D eigenvalue weighted by Crippen LogP contribution is -2.47. The topological polar surface area (TPSA) is 38.3 Å². The standard InChI is InChI=1S/C10H14F3NO2/c11-10(12,13)9(3-4-14-6-9)8(15)16-5-7-1-2-7/h7,14H,1-6H2. The van der Waals surface area contributed by atoms with Gasteiger partial charge in [-0.3, -0.25) is 4.79 Å². The molecule has 0 amide bonds. The van der Waals surface area contributed by atoms with Gasteiger partial charge in [-0.15, -0.1) is 0 Å². The minimum atomic E-state index is -4.53. The number of esters is 1. The van der Waals surface area contributed by atoms with Crippen molar-refractivity contribution in [3.05, 3.63) is 0 Å². The van der Waals surface area contributed by atoms with Crippen LogP contribution in [0.2, 0.25) is 0 Å². The number of hydrogen-bond acceptors (Lipinski definition) is 3. The molecule has 0 bridgehead atoms. The second-order valence-corrected chi connectivity index (χ2v) is 4.55. The van der Waals surface area contributed by atoms with E-state index < -0.39 is 17.6 Å². The summed E-state index contributed by atoms with van der Waals surface area (Å²) in [5.41, 5.74) is -2.32. The molecule has 1 aliphatic carbocycles. The summed E-state index contributed by atoms with van der Waals surface area (Å²) in [4.78, 5) is 11.6. The van der Waals surface area contributed by atoms with Crippen molar-refractivity contribution in [2.24, 2.45) is 11.3 Å². The van der Waals surface area contributed by atoms with Gasteiger partial charge < -0.3 is 10.1 Å². The van der Waals surface area contributed by atoms with Gasteiger partial charge in [-0.25, -0.2) is 0 Å². The molecule has 3 nitrogen and oxygen atoms in total. The Kier molecular flexibility index (Phi) is 2.86. The summed E-state index contributed by atoms with van der Waals surface area (Å²) in [5.74, 6) is -0.833. The maximum atomic E-state index is 12.9. The van der Waals surface area contributed by atoms with E-state index >= 15 is 0 Å². The number of nitrogens with one attached hydrogen (secondary N) is 1. The van der Waals surface area contributed by atoms with Crippen LogP contribution in [0, 0.1) is 11.3 Å². The van der Waals surface area contributed by atoms with Crippen molar-refractivity contribution in [3.63, 3.8) is 0 Å². The van der Waals surface area contributed by atoms with Gasteiger partial charge in [-0.1, -0.05) is 0 Å². The van der Waals surface area contributed by atoms with Crippen LogP contribution >= 0.6 is 0 Å². The lowest BCUT2D eigenvalue weighted by Gasteiger charge is -2.28. The second-order valence-electron chi connectivity index (χ2n) is 4.55. The first-order chi connectivity index (χ1) is 7.46. The van der Waals surface area contributed by atoms with Gasteiger partial charge in [0.2, 0.25) is 0 Å². The number of carbonyl (C=O) groups excluding carboxylic acids is 1. The van der Waals surface area contributed by atoms with E-state index in [1.807, 2.05) is 0 Å². The molecular weight excluding hydrogens is 223 g/mol. The highest BCUT2D eigenvalue weighted by Crippen LogP contribution is 2.44. The van der Waals surface area contributed by atoms with Crippen molar-refractivity contribution in [3.8, 4) is 0 Å². The number of ether oxygens (including phenoxy) is 1. The van der Waals surface area contributed by atoms with E-state index in [1.165, 1.54) is 0 Å². The van der Waals surface area contributed by atoms with Crippen LogP contribution in [-0.2, 0) is 9.53 Å². The summed E-state index contributed by atoms with van der Waals surface area (Å²) in [6.45, 7) is -0.0191. The largest absolute Gasteiger partial charge is 0.465 e. The van der Waals surface area contributed by atoms with Crippen molar-refractivity contribution in [1.29, 1.82) is 0 Å². The van der Waals surface area contributed by atoms with E-state index in [9.17, 15) is 18.0 Å². The molecule has 2 aliphatic rings. The molecule has 6 heteroatoms. The average molecular weight is 237 g/mol. The summed E-state index contributed by atoms with van der Waals surface area (Å²) in [6, 6.07) is 0. The highest BCUT2D eigenvalue weighted by Gasteiger charge is 2.62. The van der Waals surface area contributed by atoms with Crippen LogP contribution in [0.5, 0.6) is 0 Å². The number of carbonyl (C=O) groups is 1. The quantitative estimate of drug-likeness (QED) is 0.756. The smallest absolute Gasteiger partial charge is 0.406 e. The van der Waals surface area contributed by atoms with Crippen LogP contribution in [-0.4, -0.2) is 31.8 Å². The van der Waals surface area contributed by atoms with Gasteiger partial charge in [0.1, 0.15) is 0 Å². The van der Waals surface area contributed by atoms with E-state index in [0.717, 1.165) is 12.8 Å². The second kappa shape index (κ2) is 3.91. The Balaban J connectivity index is 2.02. The maximum absolute atomic E-state index is 12.9. The molecule has 0 aromatic heterocycles. The summed E-state index contributed by atoms with van der Waals surface area (Å²) >= 11 is 0. The van der Waals surface area contributed by atoms with Gasteiger partial charge in [0, 0.05) is 6.54 Å². The van der Waals surface area contributed by atoms with Crippen molar-refractivity contribution in [2.75, 3.05) is 19.7 Å². The lowest BCUT2D eigenvalue weighted by molar-refractivity contribution is -0.229. The molecule has 16 heavy (non-hydrogen) atoms. The van der Waals surface area contributed by atoms with Crippen LogP contribution in [0.4, 0.5) is 13.2 Å². The Morgan fingerprint density at radius 3 is 2.56 bits per heavy atom. The molecular formula is C10H14F3NO2. The highest BCUT2D eigenvalue weighted by molar-refractivity contribution is 5.78. The van der Waals surface area contributed by atoms with Crippen molar-refractivity contribution in [2.45, 2.75) is 25.4 Å². The fraction of sp³-hybridized carbons (Fsp3) is 0.900. The van der Waals surface area contributed by atoms with Gasteiger partial charge in [0.25, 0.3) is 0 Å². The van der Waals surface area contributed by atoms with Crippen LogP contribution in [0.3, 0.4) is 0 Å². The van der Waals surface area contributed by atoms with Gasteiger partial charge in [-0.05, 0) is 31.7 Å². The Hall–Kier alpha value is -0.780. The Morgan fingerprint density at radius 2 is 2.12 bits per heavy atom. The van der Waals surface area contributed by atoms with Crippen molar-refractivity contribution in [1.82, 2.24) is 5.32 Å². The first-order valence-electron chi connectivity index (χ1n) is 5.40. The predicted octanol–water partition coefficient (Wildman–Crippen LogP) is 1.48.